The Morgan fingerprint density at radius 2 is 1.95 bits per heavy atom. The predicted octanol–water partition coefficient (Wildman–Crippen LogP) is 3.00. The van der Waals surface area contributed by atoms with Crippen LogP contribution in [-0.4, -0.2) is 24.3 Å². The topological polar surface area (TPSA) is 56.1 Å². The quantitative estimate of drug-likeness (QED) is 0.340. The van der Waals surface area contributed by atoms with Gasteiger partial charge in [0.05, 0.1) is 5.92 Å². The predicted molar refractivity (Wildman–Crippen MR) is 79.5 cm³/mol. The molecule has 7 atom stereocenters. The molecule has 3 fully saturated rings. The highest BCUT2D eigenvalue weighted by atomic mass is 17.2. The first-order valence-electron chi connectivity index (χ1n) is 8.32. The molecule has 1 saturated carbocycles. The molecule has 0 aromatic carbocycles. The molecule has 0 spiro atoms. The van der Waals surface area contributed by atoms with E-state index in [-0.39, 0.29) is 17.8 Å². The fourth-order valence-electron chi connectivity index (χ4n) is 5.04. The lowest BCUT2D eigenvalue weighted by Crippen LogP contribution is -2.59. The van der Waals surface area contributed by atoms with Crippen LogP contribution < -0.4 is 0 Å². The van der Waals surface area contributed by atoms with Gasteiger partial charge in [0.1, 0.15) is 0 Å². The zero-order valence-corrected chi connectivity index (χ0v) is 14.0. The van der Waals surface area contributed by atoms with Crippen LogP contribution in [-0.2, 0) is 23.7 Å². The Kier molecular flexibility index (Phi) is 3.75. The van der Waals surface area contributed by atoms with Gasteiger partial charge >= 0.3 is 18.5 Å². The van der Waals surface area contributed by atoms with Crippen molar-refractivity contribution < 1.29 is 23.7 Å². The van der Waals surface area contributed by atoms with Gasteiger partial charge < -0.3 is 4.74 Å². The minimum atomic E-state index is -0.961. The van der Waals surface area contributed by atoms with E-state index in [0.29, 0.717) is 24.2 Å². The van der Waals surface area contributed by atoms with Crippen LogP contribution in [0.4, 0.5) is 0 Å². The van der Waals surface area contributed by atoms with Gasteiger partial charge in [0, 0.05) is 30.8 Å². The first-order valence-corrected chi connectivity index (χ1v) is 8.32. The maximum Gasteiger partial charge on any atom is 0.363 e. The molecule has 0 N–H and O–H groups in total. The summed E-state index contributed by atoms with van der Waals surface area (Å²) in [7, 11) is 0. The molecule has 2 heterocycles. The Labute approximate surface area is 131 Å². The van der Waals surface area contributed by atoms with Crippen LogP contribution in [0.3, 0.4) is 0 Å². The van der Waals surface area contributed by atoms with E-state index in [1.165, 1.54) is 0 Å². The molecule has 0 radical (unpaired) electrons. The van der Waals surface area contributed by atoms with Crippen molar-refractivity contribution in [1.29, 1.82) is 0 Å². The summed E-state index contributed by atoms with van der Waals surface area (Å²) in [5.41, 5.74) is 0. The number of carbonyl (C=O) groups excluding carboxylic acids is 2. The first kappa shape index (κ1) is 15.8. The van der Waals surface area contributed by atoms with Crippen molar-refractivity contribution in [3.63, 3.8) is 0 Å². The number of hydrogen-bond acceptors (Lipinski definition) is 4. The Morgan fingerprint density at radius 3 is 2.64 bits per heavy atom. The van der Waals surface area contributed by atoms with E-state index in [9.17, 15) is 4.79 Å². The van der Waals surface area contributed by atoms with Gasteiger partial charge in [-0.3, -0.25) is 9.53 Å². The van der Waals surface area contributed by atoms with Crippen LogP contribution in [0.25, 0.3) is 0 Å². The molecule has 0 bridgehead atoms. The average Bonchev–Trinajstić information content (AvgIpc) is 2.54. The lowest BCUT2D eigenvalue weighted by atomic mass is 9.59. The summed E-state index contributed by atoms with van der Waals surface area (Å²) in [5.74, 6) is -0.556. The second-order valence-corrected chi connectivity index (χ2v) is 7.61. The van der Waals surface area contributed by atoms with Crippen molar-refractivity contribution >= 4 is 12.8 Å². The molecular formula is C17H27O5+. The molecular weight excluding hydrogens is 284 g/mol. The molecule has 5 heteroatoms. The maximum absolute atomic E-state index is 12.3. The summed E-state index contributed by atoms with van der Waals surface area (Å²) in [5, 5.41) is 0. The Bertz CT molecular complexity index is 478. The van der Waals surface area contributed by atoms with E-state index >= 15 is 0 Å². The van der Waals surface area contributed by atoms with Crippen LogP contribution in [0.5, 0.6) is 0 Å². The summed E-state index contributed by atoms with van der Waals surface area (Å²) in [6, 6.07) is 0. The molecule has 5 nitrogen and oxygen atoms in total. The zero-order valence-electron chi connectivity index (χ0n) is 14.0. The third-order valence-electron chi connectivity index (χ3n) is 6.12. The highest BCUT2D eigenvalue weighted by Crippen LogP contribution is 2.56. The molecule has 0 aromatic rings. The number of hydrogen-bond donors (Lipinski definition) is 0. The second kappa shape index (κ2) is 5.22. The highest BCUT2D eigenvalue weighted by Gasteiger charge is 2.62. The first-order chi connectivity index (χ1) is 10.3. The van der Waals surface area contributed by atoms with Crippen molar-refractivity contribution in [2.75, 3.05) is 0 Å². The fraction of sp³-hybridized carbons (Fsp3) is 0.882. The van der Waals surface area contributed by atoms with Crippen molar-refractivity contribution in [2.24, 2.45) is 29.6 Å². The molecule has 0 aromatic heterocycles. The molecule has 3 rings (SSSR count). The van der Waals surface area contributed by atoms with Gasteiger partial charge in [-0.2, -0.15) is 0 Å². The lowest BCUT2D eigenvalue weighted by molar-refractivity contribution is -0.791. The standard InChI is InChI=1S/C17H27O5/c1-10-6-7-13-11(2)15(18)20-17(4)14(13)12(10)8-9-16(3,21-17)22-19-5/h10-14H,5-9H2,1-4H3/q+1/t10-,11-,12+,13+,14?,16-,17-/m1/s1. The minimum Gasteiger partial charge on any atom is -0.433 e. The van der Waals surface area contributed by atoms with Gasteiger partial charge in [-0.05, 0) is 30.6 Å². The van der Waals surface area contributed by atoms with Crippen molar-refractivity contribution in [2.45, 2.75) is 65.0 Å². The highest BCUT2D eigenvalue weighted by molar-refractivity contribution is 5.73. The molecule has 2 saturated heterocycles. The summed E-state index contributed by atoms with van der Waals surface area (Å²) in [6.07, 6.45) is 3.88. The number of esters is 1. The van der Waals surface area contributed by atoms with E-state index in [0.717, 1.165) is 19.3 Å². The van der Waals surface area contributed by atoms with Crippen LogP contribution >= 0.6 is 0 Å². The van der Waals surface area contributed by atoms with Crippen molar-refractivity contribution in [3.8, 4) is 0 Å². The van der Waals surface area contributed by atoms with E-state index < -0.39 is 11.6 Å². The van der Waals surface area contributed by atoms with Gasteiger partial charge in [0.2, 0.25) is 5.79 Å². The molecule has 1 unspecified atom stereocenters. The van der Waals surface area contributed by atoms with Crippen LogP contribution in [0.15, 0.2) is 0 Å². The smallest absolute Gasteiger partial charge is 0.363 e. The number of rotatable bonds is 2. The molecule has 1 aliphatic carbocycles. The third-order valence-corrected chi connectivity index (χ3v) is 6.12. The minimum absolute atomic E-state index is 0.0639. The average molecular weight is 311 g/mol. The maximum atomic E-state index is 12.3. The van der Waals surface area contributed by atoms with E-state index in [1.807, 2.05) is 20.8 Å². The molecule has 22 heavy (non-hydrogen) atoms. The third kappa shape index (κ3) is 2.34. The summed E-state index contributed by atoms with van der Waals surface area (Å²) in [6.45, 7) is 11.3. The number of carbonyl (C=O) groups is 1. The van der Waals surface area contributed by atoms with Gasteiger partial charge in [0.25, 0.3) is 0 Å². The Morgan fingerprint density at radius 1 is 1.23 bits per heavy atom. The lowest BCUT2D eigenvalue weighted by Gasteiger charge is -2.53. The molecule has 124 valence electrons. The zero-order chi connectivity index (χ0) is 16.1. The summed E-state index contributed by atoms with van der Waals surface area (Å²) < 4.78 is 16.6. The molecule has 3 aliphatic rings. The van der Waals surface area contributed by atoms with E-state index in [1.54, 1.807) is 0 Å². The Balaban J connectivity index is 2.01. The van der Waals surface area contributed by atoms with Crippen LogP contribution in [0.1, 0.15) is 53.4 Å². The molecule has 2 aliphatic heterocycles. The van der Waals surface area contributed by atoms with E-state index in [4.69, 9.17) is 14.4 Å². The SMILES string of the molecule is C=[O+]O[C@]1(C)CC[C@@H]2C3[C@@H](CC[C@H]2C)[C@@H](C)C(=O)O[C@]3(C)O1. The van der Waals surface area contributed by atoms with E-state index in [2.05, 4.69) is 18.3 Å². The van der Waals surface area contributed by atoms with Crippen LogP contribution in [0.2, 0.25) is 0 Å². The van der Waals surface area contributed by atoms with Gasteiger partial charge in [-0.25, -0.2) is 0 Å². The van der Waals surface area contributed by atoms with Gasteiger partial charge in [-0.1, -0.05) is 20.3 Å². The summed E-state index contributed by atoms with van der Waals surface area (Å²) in [4.78, 5) is 17.6. The second-order valence-electron chi connectivity index (χ2n) is 7.61. The summed E-state index contributed by atoms with van der Waals surface area (Å²) >= 11 is 0. The van der Waals surface area contributed by atoms with Crippen molar-refractivity contribution in [3.05, 3.63) is 0 Å². The molecule has 0 amide bonds. The van der Waals surface area contributed by atoms with Gasteiger partial charge in [-0.15, -0.1) is 4.89 Å². The van der Waals surface area contributed by atoms with Crippen molar-refractivity contribution in [1.82, 2.24) is 0 Å². The monoisotopic (exact) mass is 311 g/mol. The largest absolute Gasteiger partial charge is 0.433 e. The number of ether oxygens (including phenoxy) is 2. The Hall–Kier alpha value is -1.10. The normalized spacial score (nSPS) is 51.3. The fourth-order valence-corrected chi connectivity index (χ4v) is 5.04. The van der Waals surface area contributed by atoms with Crippen LogP contribution in [0, 0.1) is 29.6 Å². The van der Waals surface area contributed by atoms with Gasteiger partial charge in [0.15, 0.2) is 0 Å².